The van der Waals surface area contributed by atoms with Crippen molar-refractivity contribution in [1.29, 1.82) is 0 Å². The van der Waals surface area contributed by atoms with Crippen LogP contribution in [0, 0.1) is 0 Å². The number of methoxy groups -OCH3 is 1. The first-order chi connectivity index (χ1) is 6.33. The molecule has 3 nitrogen and oxygen atoms in total. The van der Waals surface area contributed by atoms with Gasteiger partial charge in [-0.2, -0.15) is 11.8 Å². The van der Waals surface area contributed by atoms with Crippen LogP contribution in [0.2, 0.25) is 0 Å². The average Bonchev–Trinajstić information content (AvgIpc) is 2.16. The van der Waals surface area contributed by atoms with Gasteiger partial charge in [-0.05, 0) is 6.42 Å². The molecule has 1 unspecified atom stereocenters. The van der Waals surface area contributed by atoms with Crippen molar-refractivity contribution in [3.63, 3.8) is 0 Å². The van der Waals surface area contributed by atoms with Crippen LogP contribution < -0.4 is 5.73 Å². The van der Waals surface area contributed by atoms with Crippen LogP contribution in [0.15, 0.2) is 0 Å². The van der Waals surface area contributed by atoms with Crippen molar-refractivity contribution in [2.75, 3.05) is 44.9 Å². The van der Waals surface area contributed by atoms with Crippen LogP contribution in [-0.2, 0) is 4.74 Å². The highest BCUT2D eigenvalue weighted by Crippen LogP contribution is 2.09. The summed E-state index contributed by atoms with van der Waals surface area (Å²) in [6.07, 6.45) is 0.972. The number of nitrogens with two attached hydrogens (primary N) is 1. The van der Waals surface area contributed by atoms with Gasteiger partial charge in [0.2, 0.25) is 0 Å². The van der Waals surface area contributed by atoms with Gasteiger partial charge in [0.15, 0.2) is 0 Å². The Kier molecular flexibility index (Phi) is 5.78. The first kappa shape index (κ1) is 11.3. The third-order valence-electron chi connectivity index (χ3n) is 2.29. The van der Waals surface area contributed by atoms with E-state index >= 15 is 0 Å². The number of ether oxygens (including phenoxy) is 1. The fourth-order valence-corrected chi connectivity index (χ4v) is 2.45. The largest absolute Gasteiger partial charge is 0.385 e. The van der Waals surface area contributed by atoms with Gasteiger partial charge in [-0.15, -0.1) is 0 Å². The molecule has 0 aromatic carbocycles. The third-order valence-corrected chi connectivity index (χ3v) is 3.23. The van der Waals surface area contributed by atoms with E-state index in [-0.39, 0.29) is 6.04 Å². The molecule has 0 amide bonds. The Labute approximate surface area is 85.0 Å². The second kappa shape index (κ2) is 6.65. The van der Waals surface area contributed by atoms with Gasteiger partial charge in [0.1, 0.15) is 0 Å². The van der Waals surface area contributed by atoms with Gasteiger partial charge in [-0.25, -0.2) is 0 Å². The summed E-state index contributed by atoms with van der Waals surface area (Å²) in [7, 11) is 1.73. The van der Waals surface area contributed by atoms with Gasteiger partial charge < -0.3 is 15.4 Å². The quantitative estimate of drug-likeness (QED) is 0.703. The Morgan fingerprint density at radius 3 is 2.77 bits per heavy atom. The molecule has 1 aliphatic heterocycles. The molecule has 0 saturated carbocycles. The molecule has 1 saturated heterocycles. The van der Waals surface area contributed by atoms with Crippen LogP contribution in [0.25, 0.3) is 0 Å². The van der Waals surface area contributed by atoms with E-state index in [9.17, 15) is 0 Å². The fraction of sp³-hybridized carbons (Fsp3) is 1.00. The number of rotatable bonds is 5. The molecule has 0 bridgehead atoms. The van der Waals surface area contributed by atoms with Crippen LogP contribution >= 0.6 is 11.8 Å². The van der Waals surface area contributed by atoms with Crippen LogP contribution in [0.3, 0.4) is 0 Å². The number of thioether (sulfide) groups is 1. The third kappa shape index (κ3) is 4.86. The predicted molar refractivity (Wildman–Crippen MR) is 58.2 cm³/mol. The van der Waals surface area contributed by atoms with E-state index in [0.29, 0.717) is 0 Å². The lowest BCUT2D eigenvalue weighted by atomic mass is 10.2. The molecule has 1 heterocycles. The number of hydrogen-bond acceptors (Lipinski definition) is 4. The molecule has 13 heavy (non-hydrogen) atoms. The van der Waals surface area contributed by atoms with Crippen LogP contribution in [-0.4, -0.2) is 55.8 Å². The lowest BCUT2D eigenvalue weighted by Crippen LogP contribution is -2.42. The maximum absolute atomic E-state index is 5.96. The van der Waals surface area contributed by atoms with Crippen molar-refractivity contribution in [1.82, 2.24) is 4.90 Å². The SMILES string of the molecule is COCCC(N)CN1CCSCC1. The minimum atomic E-state index is 0.281. The summed E-state index contributed by atoms with van der Waals surface area (Å²) in [5.41, 5.74) is 5.96. The van der Waals surface area contributed by atoms with Gasteiger partial charge in [0, 0.05) is 50.9 Å². The van der Waals surface area contributed by atoms with Crippen molar-refractivity contribution in [3.8, 4) is 0 Å². The predicted octanol–water partition coefficient (Wildman–Crippen LogP) is 0.399. The van der Waals surface area contributed by atoms with Crippen molar-refractivity contribution >= 4 is 11.8 Å². The molecular formula is C9H20N2OS. The topological polar surface area (TPSA) is 38.5 Å². The van der Waals surface area contributed by atoms with Gasteiger partial charge in [0.25, 0.3) is 0 Å². The Hall–Kier alpha value is 0.230. The highest BCUT2D eigenvalue weighted by Gasteiger charge is 2.13. The van der Waals surface area contributed by atoms with Crippen molar-refractivity contribution < 1.29 is 4.74 Å². The average molecular weight is 204 g/mol. The summed E-state index contributed by atoms with van der Waals surface area (Å²) in [5, 5.41) is 0. The Morgan fingerprint density at radius 2 is 2.15 bits per heavy atom. The van der Waals surface area contributed by atoms with E-state index in [4.69, 9.17) is 10.5 Å². The molecule has 0 aliphatic carbocycles. The molecule has 1 fully saturated rings. The maximum Gasteiger partial charge on any atom is 0.0477 e. The van der Waals surface area contributed by atoms with Crippen molar-refractivity contribution in [3.05, 3.63) is 0 Å². The maximum atomic E-state index is 5.96. The van der Waals surface area contributed by atoms with Crippen LogP contribution in [0.1, 0.15) is 6.42 Å². The minimum absolute atomic E-state index is 0.281. The zero-order valence-corrected chi connectivity index (χ0v) is 9.18. The Balaban J connectivity index is 2.07. The highest BCUT2D eigenvalue weighted by atomic mass is 32.2. The summed E-state index contributed by atoms with van der Waals surface area (Å²) in [5.74, 6) is 2.52. The normalized spacial score (nSPS) is 21.7. The summed E-state index contributed by atoms with van der Waals surface area (Å²) in [6, 6.07) is 0.281. The van der Waals surface area contributed by atoms with Crippen molar-refractivity contribution in [2.45, 2.75) is 12.5 Å². The second-order valence-corrected chi connectivity index (χ2v) is 4.68. The highest BCUT2D eigenvalue weighted by molar-refractivity contribution is 7.99. The molecule has 1 rings (SSSR count). The molecule has 4 heteroatoms. The van der Waals surface area contributed by atoms with E-state index in [1.165, 1.54) is 24.6 Å². The second-order valence-electron chi connectivity index (χ2n) is 3.45. The first-order valence-corrected chi connectivity index (χ1v) is 6.03. The fourth-order valence-electron chi connectivity index (χ4n) is 1.48. The minimum Gasteiger partial charge on any atom is -0.385 e. The molecular weight excluding hydrogens is 184 g/mol. The molecule has 0 spiro atoms. The summed E-state index contributed by atoms with van der Waals surface area (Å²) < 4.78 is 5.00. The molecule has 0 aromatic heterocycles. The standard InChI is InChI=1S/C9H20N2OS/c1-12-5-2-9(10)8-11-3-6-13-7-4-11/h9H,2-8,10H2,1H3. The van der Waals surface area contributed by atoms with E-state index in [0.717, 1.165) is 19.6 Å². The number of hydrogen-bond donors (Lipinski definition) is 1. The summed E-state index contributed by atoms with van der Waals surface area (Å²) >= 11 is 2.04. The van der Waals surface area contributed by atoms with E-state index in [1.54, 1.807) is 7.11 Å². The monoisotopic (exact) mass is 204 g/mol. The van der Waals surface area contributed by atoms with Gasteiger partial charge in [-0.1, -0.05) is 0 Å². The molecule has 0 radical (unpaired) electrons. The van der Waals surface area contributed by atoms with Gasteiger partial charge in [-0.3, -0.25) is 0 Å². The molecule has 1 aliphatic rings. The van der Waals surface area contributed by atoms with Crippen molar-refractivity contribution in [2.24, 2.45) is 5.73 Å². The smallest absolute Gasteiger partial charge is 0.0477 e. The zero-order valence-electron chi connectivity index (χ0n) is 8.37. The zero-order chi connectivity index (χ0) is 9.52. The van der Waals surface area contributed by atoms with Gasteiger partial charge >= 0.3 is 0 Å². The Morgan fingerprint density at radius 1 is 1.46 bits per heavy atom. The Bertz CT molecular complexity index is 129. The molecule has 78 valence electrons. The van der Waals surface area contributed by atoms with E-state index in [1.807, 2.05) is 11.8 Å². The summed E-state index contributed by atoms with van der Waals surface area (Å²) in [6.45, 7) is 4.21. The summed E-state index contributed by atoms with van der Waals surface area (Å²) in [4.78, 5) is 2.46. The first-order valence-electron chi connectivity index (χ1n) is 4.87. The number of nitrogens with zero attached hydrogens (tertiary/aromatic N) is 1. The van der Waals surface area contributed by atoms with E-state index in [2.05, 4.69) is 4.90 Å². The van der Waals surface area contributed by atoms with Crippen LogP contribution in [0.5, 0.6) is 0 Å². The lowest BCUT2D eigenvalue weighted by Gasteiger charge is -2.28. The molecule has 2 N–H and O–H groups in total. The lowest BCUT2D eigenvalue weighted by molar-refractivity contribution is 0.177. The van der Waals surface area contributed by atoms with E-state index < -0.39 is 0 Å². The van der Waals surface area contributed by atoms with Gasteiger partial charge in [0.05, 0.1) is 0 Å². The molecule has 1 atom stereocenters. The molecule has 0 aromatic rings. The van der Waals surface area contributed by atoms with Crippen LogP contribution in [0.4, 0.5) is 0 Å².